The minimum atomic E-state index is -3.42. The summed E-state index contributed by atoms with van der Waals surface area (Å²) < 4.78 is 68.6. The van der Waals surface area contributed by atoms with Gasteiger partial charge in [-0.15, -0.1) is 0 Å². The number of fused-ring (bicyclic) bond motifs is 1. The average Bonchev–Trinajstić information content (AvgIpc) is 2.90. The van der Waals surface area contributed by atoms with Crippen LogP contribution in [0, 0.1) is 17.1 Å². The van der Waals surface area contributed by atoms with Gasteiger partial charge in [-0.05, 0) is 30.7 Å². The summed E-state index contributed by atoms with van der Waals surface area (Å²) in [5.74, 6) is -4.23. The SMILES string of the molecule is N#Cc1cc(F)cc(-n2c(C(F)F)cc3c2CCC(F)(F)C3O)c1. The number of hydrogen-bond acceptors (Lipinski definition) is 2. The summed E-state index contributed by atoms with van der Waals surface area (Å²) in [4.78, 5) is 0. The molecule has 0 radical (unpaired) electrons. The zero-order valence-electron chi connectivity index (χ0n) is 12.1. The molecule has 2 aromatic rings. The summed E-state index contributed by atoms with van der Waals surface area (Å²) in [6, 6.07) is 5.59. The van der Waals surface area contributed by atoms with Crippen LogP contribution in [0.25, 0.3) is 5.69 Å². The van der Waals surface area contributed by atoms with Crippen molar-refractivity contribution in [3.05, 3.63) is 52.6 Å². The molecular weight excluding hydrogens is 331 g/mol. The lowest BCUT2D eigenvalue weighted by Gasteiger charge is -2.28. The number of rotatable bonds is 2. The van der Waals surface area contributed by atoms with Crippen molar-refractivity contribution in [2.45, 2.75) is 31.3 Å². The molecule has 1 aliphatic carbocycles. The first-order valence-electron chi connectivity index (χ1n) is 7.04. The topological polar surface area (TPSA) is 49.0 Å². The molecule has 24 heavy (non-hydrogen) atoms. The van der Waals surface area contributed by atoms with Gasteiger partial charge in [0.2, 0.25) is 0 Å². The fraction of sp³-hybridized carbons (Fsp3) is 0.312. The molecule has 1 heterocycles. The summed E-state index contributed by atoms with van der Waals surface area (Å²) >= 11 is 0. The van der Waals surface area contributed by atoms with Crippen molar-refractivity contribution < 1.29 is 27.1 Å². The highest BCUT2D eigenvalue weighted by Crippen LogP contribution is 2.44. The Morgan fingerprint density at radius 3 is 2.58 bits per heavy atom. The number of benzene rings is 1. The van der Waals surface area contributed by atoms with Crippen LogP contribution >= 0.6 is 0 Å². The molecule has 0 aliphatic heterocycles. The number of nitriles is 1. The number of alkyl halides is 4. The largest absolute Gasteiger partial charge is 0.382 e. The third kappa shape index (κ3) is 2.55. The van der Waals surface area contributed by atoms with Gasteiger partial charge in [-0.2, -0.15) is 5.26 Å². The predicted octanol–water partition coefficient (Wildman–Crippen LogP) is 4.04. The fourth-order valence-electron chi connectivity index (χ4n) is 2.97. The van der Waals surface area contributed by atoms with Crippen LogP contribution in [0.1, 0.15) is 41.5 Å². The monoisotopic (exact) mass is 342 g/mol. The lowest BCUT2D eigenvalue weighted by atomic mass is 9.91. The molecule has 0 amide bonds. The smallest absolute Gasteiger partial charge is 0.278 e. The van der Waals surface area contributed by atoms with E-state index < -0.39 is 36.4 Å². The van der Waals surface area contributed by atoms with Gasteiger partial charge in [-0.3, -0.25) is 0 Å². The number of nitrogens with zero attached hydrogens (tertiary/aromatic N) is 2. The molecule has 8 heteroatoms. The van der Waals surface area contributed by atoms with E-state index in [1.807, 2.05) is 0 Å². The van der Waals surface area contributed by atoms with Gasteiger partial charge in [0, 0.05) is 23.4 Å². The molecule has 1 atom stereocenters. The summed E-state index contributed by atoms with van der Waals surface area (Å²) in [7, 11) is 0. The minimum Gasteiger partial charge on any atom is -0.382 e. The van der Waals surface area contributed by atoms with Crippen molar-refractivity contribution in [3.63, 3.8) is 0 Å². The molecule has 1 aliphatic rings. The zero-order chi connectivity index (χ0) is 17.6. The maximum absolute atomic E-state index is 13.7. The Morgan fingerprint density at radius 1 is 1.25 bits per heavy atom. The van der Waals surface area contributed by atoms with Gasteiger partial charge in [-0.1, -0.05) is 0 Å². The van der Waals surface area contributed by atoms with Crippen LogP contribution in [0.4, 0.5) is 22.0 Å². The third-order valence-corrected chi connectivity index (χ3v) is 4.05. The Labute approximate surface area is 133 Å². The highest BCUT2D eigenvalue weighted by atomic mass is 19.3. The van der Waals surface area contributed by atoms with Crippen LogP contribution in [0.5, 0.6) is 0 Å². The van der Waals surface area contributed by atoms with Crippen molar-refractivity contribution in [1.82, 2.24) is 4.57 Å². The molecule has 1 aromatic heterocycles. The van der Waals surface area contributed by atoms with Crippen molar-refractivity contribution in [2.75, 3.05) is 0 Å². The van der Waals surface area contributed by atoms with E-state index >= 15 is 0 Å². The maximum atomic E-state index is 13.7. The highest BCUT2D eigenvalue weighted by molar-refractivity contribution is 5.48. The Hall–Kier alpha value is -2.40. The number of halogens is 5. The van der Waals surface area contributed by atoms with E-state index in [1.54, 1.807) is 6.07 Å². The second-order valence-corrected chi connectivity index (χ2v) is 5.58. The maximum Gasteiger partial charge on any atom is 0.278 e. The molecule has 0 fully saturated rings. The lowest BCUT2D eigenvalue weighted by molar-refractivity contribution is -0.121. The molecule has 0 saturated carbocycles. The normalized spacial score (nSPS) is 19.2. The van der Waals surface area contributed by atoms with Gasteiger partial charge >= 0.3 is 0 Å². The summed E-state index contributed by atoms with van der Waals surface area (Å²) in [5.41, 5.74) is -1.02. The summed E-state index contributed by atoms with van der Waals surface area (Å²) in [5, 5.41) is 18.7. The first-order valence-corrected chi connectivity index (χ1v) is 7.04. The summed E-state index contributed by atoms with van der Waals surface area (Å²) in [6.07, 6.45) is -6.20. The van der Waals surface area contributed by atoms with Crippen LogP contribution in [-0.4, -0.2) is 15.6 Å². The predicted molar refractivity (Wildman–Crippen MR) is 73.6 cm³/mol. The lowest BCUT2D eigenvalue weighted by Crippen LogP contribution is -2.32. The fourth-order valence-corrected chi connectivity index (χ4v) is 2.97. The standard InChI is InChI=1S/C16H11F5N2O/c17-9-3-8(7-22)4-10(5-9)23-12-1-2-16(20,21)14(24)11(12)6-13(23)15(18)19/h3-6,14-15,24H,1-2H2. The van der Waals surface area contributed by atoms with Crippen molar-refractivity contribution in [2.24, 2.45) is 0 Å². The Morgan fingerprint density at radius 2 is 1.96 bits per heavy atom. The van der Waals surface area contributed by atoms with E-state index in [1.165, 1.54) is 6.07 Å². The van der Waals surface area contributed by atoms with Crippen molar-refractivity contribution >= 4 is 0 Å². The molecule has 1 N–H and O–H groups in total. The van der Waals surface area contributed by atoms with Crippen molar-refractivity contribution in [1.29, 1.82) is 5.26 Å². The molecule has 3 rings (SSSR count). The third-order valence-electron chi connectivity index (χ3n) is 4.05. The second kappa shape index (κ2) is 5.60. The molecule has 1 unspecified atom stereocenters. The first-order chi connectivity index (χ1) is 11.2. The first kappa shape index (κ1) is 16.5. The van der Waals surface area contributed by atoms with Crippen LogP contribution in [-0.2, 0) is 6.42 Å². The van der Waals surface area contributed by atoms with Crippen LogP contribution in [0.2, 0.25) is 0 Å². The second-order valence-electron chi connectivity index (χ2n) is 5.58. The van der Waals surface area contributed by atoms with Gasteiger partial charge < -0.3 is 9.67 Å². The van der Waals surface area contributed by atoms with E-state index in [4.69, 9.17) is 5.26 Å². The van der Waals surface area contributed by atoms with Gasteiger partial charge in [0.25, 0.3) is 12.3 Å². The average molecular weight is 342 g/mol. The van der Waals surface area contributed by atoms with Crippen LogP contribution in [0.3, 0.4) is 0 Å². The van der Waals surface area contributed by atoms with Gasteiger partial charge in [0.05, 0.1) is 17.3 Å². The minimum absolute atomic E-state index is 0.0678. The number of hydrogen-bond donors (Lipinski definition) is 1. The molecular formula is C16H11F5N2O. The van der Waals surface area contributed by atoms with E-state index in [2.05, 4.69) is 0 Å². The van der Waals surface area contributed by atoms with Gasteiger partial charge in [-0.25, -0.2) is 22.0 Å². The molecule has 0 saturated heterocycles. The number of aliphatic hydroxyl groups is 1. The van der Waals surface area contributed by atoms with E-state index in [9.17, 15) is 27.1 Å². The highest BCUT2D eigenvalue weighted by Gasteiger charge is 2.45. The van der Waals surface area contributed by atoms with Gasteiger partial charge in [0.15, 0.2) is 0 Å². The molecule has 3 nitrogen and oxygen atoms in total. The quantitative estimate of drug-likeness (QED) is 0.838. The van der Waals surface area contributed by atoms with Gasteiger partial charge in [0.1, 0.15) is 11.9 Å². The van der Waals surface area contributed by atoms with Crippen LogP contribution in [0.15, 0.2) is 24.3 Å². The van der Waals surface area contributed by atoms with Crippen molar-refractivity contribution in [3.8, 4) is 11.8 Å². The molecule has 0 spiro atoms. The molecule has 1 aromatic carbocycles. The Kier molecular flexibility index (Phi) is 3.84. The Bertz CT molecular complexity index is 838. The molecule has 0 bridgehead atoms. The number of aliphatic hydroxyl groups excluding tert-OH is 1. The zero-order valence-corrected chi connectivity index (χ0v) is 12.1. The number of aromatic nitrogens is 1. The Balaban J connectivity index is 2.26. The van der Waals surface area contributed by atoms with E-state index in [0.717, 1.165) is 22.8 Å². The summed E-state index contributed by atoms with van der Waals surface area (Å²) in [6.45, 7) is 0. The van der Waals surface area contributed by atoms with Crippen LogP contribution < -0.4 is 0 Å². The van der Waals surface area contributed by atoms with E-state index in [-0.39, 0.29) is 28.9 Å². The molecule has 126 valence electrons. The van der Waals surface area contributed by atoms with E-state index in [0.29, 0.717) is 0 Å².